The van der Waals surface area contributed by atoms with Gasteiger partial charge in [0.05, 0.1) is 19.8 Å². The van der Waals surface area contributed by atoms with E-state index in [2.05, 4.69) is 67.0 Å². The Morgan fingerprint density at radius 2 is 1.00 bits per heavy atom. The van der Waals surface area contributed by atoms with Gasteiger partial charge in [0.2, 0.25) is 0 Å². The van der Waals surface area contributed by atoms with E-state index >= 15 is 0 Å². The van der Waals surface area contributed by atoms with Gasteiger partial charge in [0.1, 0.15) is 12.7 Å². The first-order chi connectivity index (χ1) is 26.7. The van der Waals surface area contributed by atoms with Gasteiger partial charge in [0, 0.05) is 12.8 Å². The van der Waals surface area contributed by atoms with Crippen molar-refractivity contribution >= 4 is 19.8 Å². The molecule has 3 atom stereocenters. The summed E-state index contributed by atoms with van der Waals surface area (Å²) in [6.45, 7) is 2.20. The second-order valence-corrected chi connectivity index (χ2v) is 15.4. The maximum absolute atomic E-state index is 12.6. The maximum atomic E-state index is 12.6. The van der Waals surface area contributed by atoms with Gasteiger partial charge >= 0.3 is 19.8 Å². The molecule has 0 amide bonds. The lowest BCUT2D eigenvalue weighted by Crippen LogP contribution is -2.29. The molecule has 3 N–H and O–H groups in total. The highest BCUT2D eigenvalue weighted by Crippen LogP contribution is 2.43. The van der Waals surface area contributed by atoms with Gasteiger partial charge in [-0.15, -0.1) is 0 Å². The smallest absolute Gasteiger partial charge is 0.462 e. The molecule has 0 saturated carbocycles. The minimum absolute atomic E-state index is 0.105. The van der Waals surface area contributed by atoms with Crippen LogP contribution < -0.4 is 0 Å². The van der Waals surface area contributed by atoms with E-state index in [9.17, 15) is 24.2 Å². The molecule has 0 saturated heterocycles. The van der Waals surface area contributed by atoms with Gasteiger partial charge < -0.3 is 24.6 Å². The zero-order chi connectivity index (χ0) is 40.5. The highest BCUT2D eigenvalue weighted by atomic mass is 31.2. The van der Waals surface area contributed by atoms with Crippen molar-refractivity contribution in [3.05, 3.63) is 60.8 Å². The van der Waals surface area contributed by atoms with Crippen molar-refractivity contribution in [2.45, 2.75) is 180 Å². The molecule has 0 aliphatic heterocycles. The van der Waals surface area contributed by atoms with Gasteiger partial charge in [-0.25, -0.2) is 4.57 Å². The molecule has 0 aliphatic rings. The largest absolute Gasteiger partial charge is 0.472 e. The van der Waals surface area contributed by atoms with Crippen LogP contribution in [0.25, 0.3) is 0 Å². The molecule has 0 aromatic carbocycles. The summed E-state index contributed by atoms with van der Waals surface area (Å²) >= 11 is 0. The summed E-state index contributed by atoms with van der Waals surface area (Å²) in [5, 5.41) is 18.3. The molecule has 0 heterocycles. The van der Waals surface area contributed by atoms with Gasteiger partial charge in [-0.05, 0) is 51.4 Å². The van der Waals surface area contributed by atoms with Crippen LogP contribution >= 0.6 is 7.82 Å². The maximum Gasteiger partial charge on any atom is 0.472 e. The van der Waals surface area contributed by atoms with Crippen molar-refractivity contribution in [3.63, 3.8) is 0 Å². The molecule has 0 aromatic rings. The van der Waals surface area contributed by atoms with Gasteiger partial charge in [-0.1, -0.05) is 164 Å². The number of phosphoric acid groups is 1. The Hall–Kier alpha value is -2.33. The second-order valence-electron chi connectivity index (χ2n) is 14.0. The number of aliphatic hydroxyl groups is 2. The molecular weight excluding hydrogens is 719 g/mol. The van der Waals surface area contributed by atoms with E-state index in [0.29, 0.717) is 19.3 Å². The Bertz CT molecular complexity index is 1100. The highest BCUT2D eigenvalue weighted by molar-refractivity contribution is 7.47. The number of hydrogen-bond acceptors (Lipinski definition) is 9. The zero-order valence-electron chi connectivity index (χ0n) is 34.4. The molecule has 0 aromatic heterocycles. The third-order valence-corrected chi connectivity index (χ3v) is 9.64. The molecule has 10 nitrogen and oxygen atoms in total. The molecular formula is C44H77O10P. The molecule has 11 heteroatoms. The van der Waals surface area contributed by atoms with Crippen LogP contribution in [0.5, 0.6) is 0 Å². The lowest BCUT2D eigenvalue weighted by Gasteiger charge is -2.20. The molecule has 0 bridgehead atoms. The SMILES string of the molecule is CC/C=C/C/C=C/C/C=C/C/C=C/C/C=C/CCCC(=O)O[C@H](COC(=O)CCCCCCCCCCCCCCCCC)COP(=O)(O)OC[C@@H](O)CO. The number of rotatable bonds is 39. The molecule has 0 spiro atoms. The lowest BCUT2D eigenvalue weighted by atomic mass is 10.0. The van der Waals surface area contributed by atoms with Gasteiger partial charge in [0.25, 0.3) is 0 Å². The van der Waals surface area contributed by atoms with E-state index in [-0.39, 0.29) is 19.4 Å². The number of unbranched alkanes of at least 4 members (excludes halogenated alkanes) is 15. The summed E-state index contributed by atoms with van der Waals surface area (Å²) in [4.78, 5) is 34.9. The number of hydrogen-bond donors (Lipinski definition) is 3. The molecule has 0 fully saturated rings. The summed E-state index contributed by atoms with van der Waals surface area (Å²) < 4.78 is 32.6. The predicted octanol–water partition coefficient (Wildman–Crippen LogP) is 11.1. The molecule has 0 rings (SSSR count). The van der Waals surface area contributed by atoms with E-state index in [1.54, 1.807) is 0 Å². The van der Waals surface area contributed by atoms with Gasteiger partial charge in [-0.2, -0.15) is 0 Å². The quantitative estimate of drug-likeness (QED) is 0.0237. The van der Waals surface area contributed by atoms with Crippen molar-refractivity contribution < 1.29 is 47.8 Å². The topological polar surface area (TPSA) is 149 Å². The Balaban J connectivity index is 4.41. The monoisotopic (exact) mass is 797 g/mol. The summed E-state index contributed by atoms with van der Waals surface area (Å²) in [6.07, 6.45) is 43.4. The number of phosphoric ester groups is 1. The van der Waals surface area contributed by atoms with Crippen molar-refractivity contribution in [3.8, 4) is 0 Å². The van der Waals surface area contributed by atoms with Crippen molar-refractivity contribution in [1.82, 2.24) is 0 Å². The fourth-order valence-electron chi connectivity index (χ4n) is 5.44. The normalized spacial score (nSPS) is 14.5. The minimum atomic E-state index is -4.63. The summed E-state index contributed by atoms with van der Waals surface area (Å²) in [5.74, 6) is -0.993. The van der Waals surface area contributed by atoms with Crippen LogP contribution in [0, 0.1) is 0 Å². The van der Waals surface area contributed by atoms with Crippen LogP contribution in [0.4, 0.5) is 0 Å². The average Bonchev–Trinajstić information content (AvgIpc) is 3.17. The minimum Gasteiger partial charge on any atom is -0.462 e. The Morgan fingerprint density at radius 1 is 0.564 bits per heavy atom. The summed E-state index contributed by atoms with van der Waals surface area (Å²) in [6, 6.07) is 0. The third kappa shape index (κ3) is 39.7. The highest BCUT2D eigenvalue weighted by Gasteiger charge is 2.27. The second kappa shape index (κ2) is 39.9. The Kier molecular flexibility index (Phi) is 38.2. The lowest BCUT2D eigenvalue weighted by molar-refractivity contribution is -0.161. The number of allylic oxidation sites excluding steroid dienone is 10. The number of carbonyl (C=O) groups excluding carboxylic acids is 2. The first kappa shape index (κ1) is 52.7. The fourth-order valence-corrected chi connectivity index (χ4v) is 6.23. The van der Waals surface area contributed by atoms with Crippen molar-refractivity contribution in [2.75, 3.05) is 26.4 Å². The van der Waals surface area contributed by atoms with Crippen molar-refractivity contribution in [2.24, 2.45) is 0 Å². The zero-order valence-corrected chi connectivity index (χ0v) is 35.3. The van der Waals surface area contributed by atoms with Gasteiger partial charge in [0.15, 0.2) is 6.10 Å². The first-order valence-electron chi connectivity index (χ1n) is 21.2. The molecule has 1 unspecified atom stereocenters. The van der Waals surface area contributed by atoms with Crippen LogP contribution in [-0.4, -0.2) is 65.7 Å². The Labute approximate surface area is 334 Å². The molecule has 318 valence electrons. The van der Waals surface area contributed by atoms with Crippen LogP contribution in [0.15, 0.2) is 60.8 Å². The van der Waals surface area contributed by atoms with Crippen LogP contribution in [0.2, 0.25) is 0 Å². The molecule has 55 heavy (non-hydrogen) atoms. The van der Waals surface area contributed by atoms with Gasteiger partial charge in [-0.3, -0.25) is 18.6 Å². The molecule has 0 aliphatic carbocycles. The van der Waals surface area contributed by atoms with Crippen LogP contribution in [0.3, 0.4) is 0 Å². The van der Waals surface area contributed by atoms with E-state index in [1.807, 2.05) is 12.2 Å². The van der Waals surface area contributed by atoms with E-state index in [1.165, 1.54) is 70.6 Å². The first-order valence-corrected chi connectivity index (χ1v) is 22.7. The third-order valence-electron chi connectivity index (χ3n) is 8.69. The standard InChI is InChI=1S/C44H77O10P/c1-3-5-7-9-11-13-15-17-19-20-22-24-26-28-30-32-34-36-44(48)54-42(40-53-55(49,50)52-38-41(46)37-45)39-51-43(47)35-33-31-29-27-25-23-21-18-16-14-12-10-8-6-4-2/h5,7,11,13,17,19,22,24,28,30,41-42,45-46H,3-4,6,8-10,12,14-16,18,20-21,23,25-27,29,31-40H2,1-2H3,(H,49,50)/b7-5+,13-11+,19-17+,24-22+,30-28+/t41-,42+/m0/s1. The van der Waals surface area contributed by atoms with E-state index < -0.39 is 51.8 Å². The predicted molar refractivity (Wildman–Crippen MR) is 224 cm³/mol. The number of carbonyl (C=O) groups is 2. The van der Waals surface area contributed by atoms with E-state index in [4.69, 9.17) is 19.1 Å². The fraction of sp³-hybridized carbons (Fsp3) is 0.727. The Morgan fingerprint density at radius 3 is 1.49 bits per heavy atom. The molecule has 0 radical (unpaired) electrons. The summed E-state index contributed by atoms with van der Waals surface area (Å²) in [5.41, 5.74) is 0. The van der Waals surface area contributed by atoms with Crippen LogP contribution in [-0.2, 0) is 32.7 Å². The van der Waals surface area contributed by atoms with Crippen molar-refractivity contribution in [1.29, 1.82) is 0 Å². The van der Waals surface area contributed by atoms with E-state index in [0.717, 1.165) is 51.4 Å². The number of ether oxygens (including phenoxy) is 2. The number of aliphatic hydroxyl groups excluding tert-OH is 2. The van der Waals surface area contributed by atoms with Crippen LogP contribution in [0.1, 0.15) is 168 Å². The average molecular weight is 797 g/mol. The summed E-state index contributed by atoms with van der Waals surface area (Å²) in [7, 11) is -4.63. The number of esters is 2.